The van der Waals surface area contributed by atoms with E-state index in [0.717, 1.165) is 9.88 Å². The Morgan fingerprint density at radius 3 is 2.93 bits per heavy atom. The van der Waals surface area contributed by atoms with Gasteiger partial charge in [0.15, 0.2) is 0 Å². The Kier molecular flexibility index (Phi) is 2.51. The van der Waals surface area contributed by atoms with E-state index in [1.807, 2.05) is 6.92 Å². The first-order chi connectivity index (χ1) is 7.22. The second-order valence-electron chi connectivity index (χ2n) is 2.93. The zero-order valence-electron chi connectivity index (χ0n) is 8.39. The highest BCUT2D eigenvalue weighted by Crippen LogP contribution is 2.21. The highest BCUT2D eigenvalue weighted by molar-refractivity contribution is 7.15. The van der Waals surface area contributed by atoms with Gasteiger partial charge in [-0.3, -0.25) is 4.79 Å². The van der Waals surface area contributed by atoms with Gasteiger partial charge in [-0.05, 0) is 13.0 Å². The molecule has 2 rings (SSSR count). The summed E-state index contributed by atoms with van der Waals surface area (Å²) >= 11 is 1.49. The summed E-state index contributed by atoms with van der Waals surface area (Å²) in [6, 6.07) is 1.70. The summed E-state index contributed by atoms with van der Waals surface area (Å²) in [4.78, 5) is 18.0. The zero-order valence-corrected chi connectivity index (χ0v) is 9.21. The average molecular weight is 222 g/mol. The van der Waals surface area contributed by atoms with Crippen molar-refractivity contribution in [1.29, 1.82) is 0 Å². The lowest BCUT2D eigenvalue weighted by Crippen LogP contribution is -2.29. The summed E-state index contributed by atoms with van der Waals surface area (Å²) in [5.41, 5.74) is 3.14. The molecule has 0 atom stereocenters. The minimum Gasteiger partial charge on any atom is -0.309 e. The third-order valence-electron chi connectivity index (χ3n) is 1.94. The summed E-state index contributed by atoms with van der Waals surface area (Å²) < 4.78 is 0. The van der Waals surface area contributed by atoms with E-state index in [4.69, 9.17) is 0 Å². The van der Waals surface area contributed by atoms with Crippen LogP contribution in [0.15, 0.2) is 23.3 Å². The molecule has 0 spiro atoms. The molecular formula is C9H10N4OS. The molecule has 0 aliphatic rings. The summed E-state index contributed by atoms with van der Waals surface area (Å²) in [6.07, 6.45) is 3.29. The van der Waals surface area contributed by atoms with Gasteiger partial charge < -0.3 is 5.43 Å². The van der Waals surface area contributed by atoms with Crippen molar-refractivity contribution in [3.8, 4) is 10.4 Å². The topological polar surface area (TPSA) is 59.8 Å². The smallest absolute Gasteiger partial charge is 0.294 e. The second-order valence-corrected chi connectivity index (χ2v) is 4.16. The van der Waals surface area contributed by atoms with E-state index in [9.17, 15) is 4.79 Å². The number of aryl methyl sites for hydroxylation is 1. The number of hydrogen-bond donors (Lipinski definition) is 1. The second kappa shape index (κ2) is 3.82. The van der Waals surface area contributed by atoms with Crippen LogP contribution in [0, 0.1) is 6.92 Å². The van der Waals surface area contributed by atoms with Crippen LogP contribution in [0.5, 0.6) is 0 Å². The third kappa shape index (κ3) is 1.75. The molecule has 0 aliphatic heterocycles. The predicted octanol–water partition coefficient (Wildman–Crippen LogP) is 0.849. The van der Waals surface area contributed by atoms with Crippen LogP contribution in [0.25, 0.3) is 10.4 Å². The number of rotatable bonds is 2. The minimum absolute atomic E-state index is 0.163. The fourth-order valence-corrected chi connectivity index (χ4v) is 2.04. The molecule has 1 N–H and O–H groups in total. The van der Waals surface area contributed by atoms with Crippen LogP contribution in [0.2, 0.25) is 0 Å². The number of aromatic nitrogens is 3. The van der Waals surface area contributed by atoms with E-state index >= 15 is 0 Å². The van der Waals surface area contributed by atoms with Crippen molar-refractivity contribution in [3.63, 3.8) is 0 Å². The monoisotopic (exact) mass is 222 g/mol. The van der Waals surface area contributed by atoms with Crippen molar-refractivity contribution in [2.45, 2.75) is 6.92 Å². The summed E-state index contributed by atoms with van der Waals surface area (Å²) in [5, 5.41) is 4.81. The lowest BCUT2D eigenvalue weighted by Gasteiger charge is -2.02. The molecular weight excluding hydrogens is 212 g/mol. The maximum atomic E-state index is 11.8. The van der Waals surface area contributed by atoms with Gasteiger partial charge in [-0.15, -0.1) is 16.1 Å². The van der Waals surface area contributed by atoms with E-state index in [0.29, 0.717) is 5.56 Å². The average Bonchev–Trinajstić information content (AvgIpc) is 2.65. The van der Waals surface area contributed by atoms with Gasteiger partial charge in [-0.1, -0.05) is 0 Å². The summed E-state index contributed by atoms with van der Waals surface area (Å²) in [5.74, 6) is 0. The minimum atomic E-state index is -0.163. The maximum Gasteiger partial charge on any atom is 0.294 e. The van der Waals surface area contributed by atoms with E-state index in [1.54, 1.807) is 25.5 Å². The molecule has 0 radical (unpaired) electrons. The molecule has 5 nitrogen and oxygen atoms in total. The first-order valence-corrected chi connectivity index (χ1v) is 5.23. The van der Waals surface area contributed by atoms with Crippen molar-refractivity contribution < 1.29 is 0 Å². The van der Waals surface area contributed by atoms with Gasteiger partial charge in [0.25, 0.3) is 5.56 Å². The van der Waals surface area contributed by atoms with E-state index in [-0.39, 0.29) is 5.56 Å². The van der Waals surface area contributed by atoms with Crippen LogP contribution in [0.4, 0.5) is 0 Å². The van der Waals surface area contributed by atoms with Crippen molar-refractivity contribution in [2.24, 2.45) is 0 Å². The first-order valence-electron chi connectivity index (χ1n) is 4.41. The molecule has 0 amide bonds. The molecule has 0 aliphatic carbocycles. The number of nitrogens with one attached hydrogen (secondary N) is 1. The Morgan fingerprint density at radius 2 is 2.33 bits per heavy atom. The van der Waals surface area contributed by atoms with Crippen LogP contribution in [-0.4, -0.2) is 21.9 Å². The predicted molar refractivity (Wildman–Crippen MR) is 59.6 cm³/mol. The van der Waals surface area contributed by atoms with Crippen LogP contribution >= 0.6 is 11.3 Å². The fourth-order valence-electron chi connectivity index (χ4n) is 1.25. The Morgan fingerprint density at radius 1 is 1.53 bits per heavy atom. The lowest BCUT2D eigenvalue weighted by atomic mass is 10.3. The molecule has 0 saturated carbocycles. The quantitative estimate of drug-likeness (QED) is 0.818. The molecule has 15 heavy (non-hydrogen) atoms. The van der Waals surface area contributed by atoms with Gasteiger partial charge in [-0.2, -0.15) is 5.10 Å². The molecule has 0 bridgehead atoms. The SMILES string of the molecule is CNn1nccc(-c2cnc(C)s2)c1=O. The van der Waals surface area contributed by atoms with Gasteiger partial charge >= 0.3 is 0 Å². The van der Waals surface area contributed by atoms with Gasteiger partial charge in [0.2, 0.25) is 0 Å². The Hall–Kier alpha value is -1.69. The molecule has 78 valence electrons. The lowest BCUT2D eigenvalue weighted by molar-refractivity contribution is 0.724. The Balaban J connectivity index is 2.58. The highest BCUT2D eigenvalue weighted by atomic mass is 32.1. The standard InChI is InChI=1S/C9H10N4OS/c1-6-11-5-8(15-6)7-3-4-12-13(10-2)9(7)14/h3-5,10H,1-2H3. The fraction of sp³-hybridized carbons (Fsp3) is 0.222. The maximum absolute atomic E-state index is 11.8. The van der Waals surface area contributed by atoms with E-state index in [1.165, 1.54) is 16.1 Å². The summed E-state index contributed by atoms with van der Waals surface area (Å²) in [7, 11) is 1.65. The highest BCUT2D eigenvalue weighted by Gasteiger charge is 2.08. The van der Waals surface area contributed by atoms with E-state index < -0.39 is 0 Å². The normalized spacial score (nSPS) is 10.3. The Bertz CT molecular complexity index is 531. The number of nitrogens with zero attached hydrogens (tertiary/aromatic N) is 3. The first kappa shape index (κ1) is 9.85. The van der Waals surface area contributed by atoms with Gasteiger partial charge in [-0.25, -0.2) is 4.98 Å². The van der Waals surface area contributed by atoms with Crippen LogP contribution < -0.4 is 11.0 Å². The molecule has 2 heterocycles. The molecule has 2 aromatic heterocycles. The largest absolute Gasteiger partial charge is 0.309 e. The van der Waals surface area contributed by atoms with Crippen LogP contribution in [-0.2, 0) is 0 Å². The number of hydrogen-bond acceptors (Lipinski definition) is 5. The molecule has 0 aromatic carbocycles. The van der Waals surface area contributed by atoms with Crippen molar-refractivity contribution >= 4 is 11.3 Å². The third-order valence-corrected chi connectivity index (χ3v) is 2.89. The van der Waals surface area contributed by atoms with E-state index in [2.05, 4.69) is 15.5 Å². The molecule has 0 fully saturated rings. The van der Waals surface area contributed by atoms with Crippen molar-refractivity contribution in [1.82, 2.24) is 14.9 Å². The molecule has 0 saturated heterocycles. The van der Waals surface area contributed by atoms with Gasteiger partial charge in [0, 0.05) is 13.2 Å². The zero-order chi connectivity index (χ0) is 10.8. The summed E-state index contributed by atoms with van der Waals surface area (Å²) in [6.45, 7) is 1.91. The molecule has 2 aromatic rings. The molecule has 0 unspecified atom stereocenters. The molecule has 6 heteroatoms. The van der Waals surface area contributed by atoms with Crippen molar-refractivity contribution in [2.75, 3.05) is 12.5 Å². The van der Waals surface area contributed by atoms with Crippen molar-refractivity contribution in [3.05, 3.63) is 33.8 Å². The number of thiazole rings is 1. The van der Waals surface area contributed by atoms with Crippen LogP contribution in [0.1, 0.15) is 5.01 Å². The van der Waals surface area contributed by atoms with Gasteiger partial charge in [0.05, 0.1) is 21.6 Å². The van der Waals surface area contributed by atoms with Gasteiger partial charge in [0.1, 0.15) is 0 Å². The Labute approximate surface area is 90.4 Å². The van der Waals surface area contributed by atoms with Crippen LogP contribution in [0.3, 0.4) is 0 Å².